The number of methoxy groups -OCH3 is 1. The number of ether oxygens (including phenoxy) is 3. The van der Waals surface area contributed by atoms with E-state index in [-0.39, 0.29) is 5.78 Å². The number of nitrogens with one attached hydrogen (secondary N) is 1. The summed E-state index contributed by atoms with van der Waals surface area (Å²) in [6.07, 6.45) is -1.90. The maximum atomic E-state index is 12.2. The maximum absolute atomic E-state index is 12.2. The van der Waals surface area contributed by atoms with Crippen molar-refractivity contribution in [2.24, 2.45) is 0 Å². The lowest BCUT2D eigenvalue weighted by molar-refractivity contribution is -0.159. The molecule has 0 aromatic heterocycles. The molecule has 0 aliphatic rings. The summed E-state index contributed by atoms with van der Waals surface area (Å²) in [5.41, 5.74) is 1.04. The van der Waals surface area contributed by atoms with Crippen LogP contribution in [0.1, 0.15) is 31.1 Å². The summed E-state index contributed by atoms with van der Waals surface area (Å²) < 4.78 is 15.7. The zero-order chi connectivity index (χ0) is 20.7. The molecule has 0 heterocycles. The first kappa shape index (κ1) is 21.0. The van der Waals surface area contributed by atoms with Crippen LogP contribution in [0.15, 0.2) is 48.5 Å². The second kappa shape index (κ2) is 9.55. The van der Waals surface area contributed by atoms with Gasteiger partial charge in [-0.2, -0.15) is 0 Å². The Morgan fingerprint density at radius 3 is 1.96 bits per heavy atom. The SMILES string of the molecule is COc1ccc(OC(C)C(=O)OC(C)C(=O)Nc2ccc(C(C)=O)cc2)cc1. The summed E-state index contributed by atoms with van der Waals surface area (Å²) in [7, 11) is 1.56. The number of hydrogen-bond donors (Lipinski definition) is 1. The molecule has 0 spiro atoms. The number of ketones is 1. The van der Waals surface area contributed by atoms with Gasteiger partial charge in [-0.3, -0.25) is 9.59 Å². The van der Waals surface area contributed by atoms with Gasteiger partial charge in [-0.25, -0.2) is 4.79 Å². The van der Waals surface area contributed by atoms with Crippen molar-refractivity contribution in [3.8, 4) is 11.5 Å². The summed E-state index contributed by atoms with van der Waals surface area (Å²) in [4.78, 5) is 35.6. The first-order valence-corrected chi connectivity index (χ1v) is 8.73. The number of amides is 1. The predicted molar refractivity (Wildman–Crippen MR) is 104 cm³/mol. The number of benzene rings is 2. The lowest BCUT2D eigenvalue weighted by atomic mass is 10.1. The molecular weight excluding hydrogens is 362 g/mol. The van der Waals surface area contributed by atoms with E-state index in [0.717, 1.165) is 0 Å². The van der Waals surface area contributed by atoms with E-state index in [2.05, 4.69) is 5.32 Å². The number of carbonyl (C=O) groups excluding carboxylic acids is 3. The minimum atomic E-state index is -1.01. The van der Waals surface area contributed by atoms with Crippen molar-refractivity contribution in [1.29, 1.82) is 0 Å². The lowest BCUT2D eigenvalue weighted by Gasteiger charge is -2.18. The lowest BCUT2D eigenvalue weighted by Crippen LogP contribution is -2.35. The van der Waals surface area contributed by atoms with Gasteiger partial charge in [-0.15, -0.1) is 0 Å². The highest BCUT2D eigenvalue weighted by atomic mass is 16.6. The van der Waals surface area contributed by atoms with E-state index >= 15 is 0 Å². The minimum Gasteiger partial charge on any atom is -0.497 e. The molecule has 148 valence electrons. The van der Waals surface area contributed by atoms with Crippen molar-refractivity contribution in [1.82, 2.24) is 0 Å². The molecule has 0 bridgehead atoms. The van der Waals surface area contributed by atoms with Crippen LogP contribution < -0.4 is 14.8 Å². The minimum absolute atomic E-state index is 0.0639. The normalized spacial score (nSPS) is 12.4. The fourth-order valence-electron chi connectivity index (χ4n) is 2.26. The van der Waals surface area contributed by atoms with Crippen LogP contribution in [-0.2, 0) is 14.3 Å². The van der Waals surface area contributed by atoms with Crippen LogP contribution in [0.3, 0.4) is 0 Å². The van der Waals surface area contributed by atoms with Crippen molar-refractivity contribution in [3.63, 3.8) is 0 Å². The van der Waals surface area contributed by atoms with E-state index in [9.17, 15) is 14.4 Å². The molecule has 2 atom stereocenters. The van der Waals surface area contributed by atoms with E-state index < -0.39 is 24.1 Å². The maximum Gasteiger partial charge on any atom is 0.347 e. The third-order valence-electron chi connectivity index (χ3n) is 3.93. The van der Waals surface area contributed by atoms with E-state index in [1.54, 1.807) is 55.6 Å². The first-order valence-electron chi connectivity index (χ1n) is 8.73. The Morgan fingerprint density at radius 2 is 1.43 bits per heavy atom. The monoisotopic (exact) mass is 385 g/mol. The third kappa shape index (κ3) is 5.84. The predicted octanol–water partition coefficient (Wildman–Crippen LogP) is 3.24. The third-order valence-corrected chi connectivity index (χ3v) is 3.93. The Balaban J connectivity index is 1.87. The molecule has 0 saturated heterocycles. The van der Waals surface area contributed by atoms with Crippen LogP contribution >= 0.6 is 0 Å². The highest BCUT2D eigenvalue weighted by Gasteiger charge is 2.23. The molecule has 0 saturated carbocycles. The zero-order valence-electron chi connectivity index (χ0n) is 16.2. The average Bonchev–Trinajstić information content (AvgIpc) is 2.68. The molecule has 2 rings (SSSR count). The molecule has 2 aromatic rings. The second-order valence-corrected chi connectivity index (χ2v) is 6.14. The van der Waals surface area contributed by atoms with Gasteiger partial charge in [0.1, 0.15) is 11.5 Å². The summed E-state index contributed by atoms with van der Waals surface area (Å²) in [6, 6.07) is 13.2. The number of Topliss-reactive ketones (excluding diaryl/α,β-unsaturated/α-hetero) is 1. The first-order chi connectivity index (χ1) is 13.3. The van der Waals surface area contributed by atoms with Crippen LogP contribution in [0.2, 0.25) is 0 Å². The molecule has 1 amide bonds. The van der Waals surface area contributed by atoms with Gasteiger partial charge >= 0.3 is 5.97 Å². The Kier molecular flexibility index (Phi) is 7.14. The summed E-state index contributed by atoms with van der Waals surface area (Å²) >= 11 is 0. The fraction of sp³-hybridized carbons (Fsp3) is 0.286. The van der Waals surface area contributed by atoms with Crippen LogP contribution in [0.5, 0.6) is 11.5 Å². The van der Waals surface area contributed by atoms with Gasteiger partial charge in [-0.1, -0.05) is 0 Å². The van der Waals surface area contributed by atoms with Crippen molar-refractivity contribution in [2.45, 2.75) is 33.0 Å². The van der Waals surface area contributed by atoms with E-state index in [4.69, 9.17) is 14.2 Å². The summed E-state index contributed by atoms with van der Waals surface area (Å²) in [6.45, 7) is 4.47. The Labute approximate surface area is 163 Å². The fourth-order valence-corrected chi connectivity index (χ4v) is 2.26. The molecule has 7 nitrogen and oxygen atoms in total. The van der Waals surface area contributed by atoms with E-state index in [0.29, 0.717) is 22.7 Å². The van der Waals surface area contributed by atoms with Gasteiger partial charge in [-0.05, 0) is 69.3 Å². The molecule has 28 heavy (non-hydrogen) atoms. The van der Waals surface area contributed by atoms with Gasteiger partial charge in [0.05, 0.1) is 7.11 Å². The molecule has 1 N–H and O–H groups in total. The van der Waals surface area contributed by atoms with Gasteiger partial charge in [0.15, 0.2) is 18.0 Å². The molecule has 0 radical (unpaired) electrons. The van der Waals surface area contributed by atoms with Crippen LogP contribution in [0, 0.1) is 0 Å². The van der Waals surface area contributed by atoms with E-state index in [1.807, 2.05) is 0 Å². The molecule has 7 heteroatoms. The highest BCUT2D eigenvalue weighted by Crippen LogP contribution is 2.18. The van der Waals surface area contributed by atoms with Crippen LogP contribution in [0.4, 0.5) is 5.69 Å². The van der Waals surface area contributed by atoms with Gasteiger partial charge in [0.25, 0.3) is 5.91 Å². The molecular formula is C21H23NO6. The van der Waals surface area contributed by atoms with Crippen molar-refractivity contribution in [3.05, 3.63) is 54.1 Å². The Morgan fingerprint density at radius 1 is 0.857 bits per heavy atom. The van der Waals surface area contributed by atoms with Gasteiger partial charge in [0, 0.05) is 11.3 Å². The second-order valence-electron chi connectivity index (χ2n) is 6.14. The Hall–Kier alpha value is -3.35. The number of hydrogen-bond acceptors (Lipinski definition) is 6. The molecule has 2 aromatic carbocycles. The number of esters is 1. The molecule has 0 fully saturated rings. The smallest absolute Gasteiger partial charge is 0.347 e. The largest absolute Gasteiger partial charge is 0.497 e. The average molecular weight is 385 g/mol. The topological polar surface area (TPSA) is 90.9 Å². The molecule has 0 aliphatic carbocycles. The van der Waals surface area contributed by atoms with Gasteiger partial charge in [0.2, 0.25) is 0 Å². The quantitative estimate of drug-likeness (QED) is 0.554. The van der Waals surface area contributed by atoms with E-state index in [1.165, 1.54) is 20.8 Å². The number of carbonyl (C=O) groups is 3. The molecule has 2 unspecified atom stereocenters. The zero-order valence-corrected chi connectivity index (χ0v) is 16.2. The Bertz CT molecular complexity index is 829. The highest BCUT2D eigenvalue weighted by molar-refractivity contribution is 5.97. The van der Waals surface area contributed by atoms with Crippen molar-refractivity contribution in [2.75, 3.05) is 12.4 Å². The molecule has 0 aliphatic heterocycles. The van der Waals surface area contributed by atoms with Crippen LogP contribution in [0.25, 0.3) is 0 Å². The summed E-state index contributed by atoms with van der Waals surface area (Å²) in [5.74, 6) is -0.0610. The van der Waals surface area contributed by atoms with Crippen molar-refractivity contribution >= 4 is 23.3 Å². The van der Waals surface area contributed by atoms with Gasteiger partial charge < -0.3 is 19.5 Å². The summed E-state index contributed by atoms with van der Waals surface area (Å²) in [5, 5.41) is 2.63. The standard InChI is InChI=1S/C21H23NO6/c1-13(23)16-5-7-17(8-6-16)22-20(24)14(2)28-21(25)15(3)27-19-11-9-18(26-4)10-12-19/h5-12,14-15H,1-4H3,(H,22,24). The van der Waals surface area contributed by atoms with Crippen molar-refractivity contribution < 1.29 is 28.6 Å². The number of anilines is 1. The van der Waals surface area contributed by atoms with Crippen LogP contribution in [-0.4, -0.2) is 37.0 Å². The number of rotatable bonds is 8.